The lowest BCUT2D eigenvalue weighted by Crippen LogP contribution is -2.42. The summed E-state index contributed by atoms with van der Waals surface area (Å²) in [6.07, 6.45) is 6.40. The molecule has 3 N–H and O–H groups in total. The van der Waals surface area contributed by atoms with Gasteiger partial charge in [-0.15, -0.1) is 0 Å². The average molecular weight is 660 g/mol. The number of carbonyl (C=O) groups is 4. The number of fused-ring (bicyclic) bond motifs is 1. The van der Waals surface area contributed by atoms with Crippen molar-refractivity contribution >= 4 is 29.3 Å². The molecule has 1 aliphatic heterocycles. The highest BCUT2D eigenvalue weighted by Crippen LogP contribution is 2.36. The highest BCUT2D eigenvalue weighted by molar-refractivity contribution is 6.00. The molecule has 0 radical (unpaired) electrons. The minimum absolute atomic E-state index is 0.0904. The highest BCUT2D eigenvalue weighted by Gasteiger charge is 2.34. The van der Waals surface area contributed by atoms with Gasteiger partial charge in [0, 0.05) is 42.9 Å². The van der Waals surface area contributed by atoms with Crippen molar-refractivity contribution in [2.24, 2.45) is 11.7 Å². The fourth-order valence-corrected chi connectivity index (χ4v) is 6.60. The zero-order chi connectivity index (χ0) is 34.4. The number of anilines is 1. The summed E-state index contributed by atoms with van der Waals surface area (Å²) in [6.45, 7) is 0.777. The zero-order valence-corrected chi connectivity index (χ0v) is 27.5. The maximum Gasteiger partial charge on any atom is 0.255 e. The van der Waals surface area contributed by atoms with Crippen molar-refractivity contribution in [3.8, 4) is 0 Å². The maximum absolute atomic E-state index is 14.4. The number of halogens is 2. The molecule has 3 aromatic rings. The van der Waals surface area contributed by atoms with Crippen LogP contribution < -0.4 is 11.1 Å². The first-order valence-corrected chi connectivity index (χ1v) is 16.5. The highest BCUT2D eigenvalue weighted by atomic mass is 19.2. The maximum atomic E-state index is 14.4. The third-order valence-corrected chi connectivity index (χ3v) is 9.26. The minimum atomic E-state index is -1.00. The van der Waals surface area contributed by atoms with Gasteiger partial charge in [-0.3, -0.25) is 19.2 Å². The molecule has 5 rings (SSSR count). The quantitative estimate of drug-likeness (QED) is 0.258. The van der Waals surface area contributed by atoms with Crippen molar-refractivity contribution in [3.05, 3.63) is 100 Å². The number of nitrogens with one attached hydrogen (secondary N) is 1. The van der Waals surface area contributed by atoms with Crippen LogP contribution in [0.25, 0.3) is 0 Å². The van der Waals surface area contributed by atoms with Crippen molar-refractivity contribution < 1.29 is 28.0 Å². The van der Waals surface area contributed by atoms with Crippen LogP contribution in [0.15, 0.2) is 60.7 Å². The Morgan fingerprint density at radius 3 is 2.33 bits per heavy atom. The van der Waals surface area contributed by atoms with Gasteiger partial charge in [-0.1, -0.05) is 49.9 Å². The molecule has 2 aliphatic rings. The predicted octanol–water partition coefficient (Wildman–Crippen LogP) is 5.30. The molecule has 0 spiro atoms. The van der Waals surface area contributed by atoms with Crippen LogP contribution in [0, 0.1) is 17.6 Å². The predicted molar refractivity (Wildman–Crippen MR) is 179 cm³/mol. The Kier molecular flexibility index (Phi) is 11.2. The normalized spacial score (nSPS) is 16.2. The van der Waals surface area contributed by atoms with Gasteiger partial charge in [-0.2, -0.15) is 0 Å². The van der Waals surface area contributed by atoms with Gasteiger partial charge in [0.2, 0.25) is 11.8 Å². The number of hydrogen-bond acceptors (Lipinski definition) is 5. The second-order valence-electron chi connectivity index (χ2n) is 13.1. The molecular formula is C37H43F2N5O4. The SMILES string of the molecule is CN(C)CCN(CC(N)=O)C(=O)c1ccc(CN2C(=O)c3cc(NC(=O)CCC4CCCC4)ccc3CC2c2ccc(F)c(F)c2)cc1. The molecule has 1 atom stereocenters. The Morgan fingerprint density at radius 1 is 0.938 bits per heavy atom. The Hall–Kier alpha value is -4.64. The van der Waals surface area contributed by atoms with Crippen LogP contribution in [-0.2, 0) is 22.6 Å². The molecule has 3 aromatic carbocycles. The number of rotatable bonds is 13. The van der Waals surface area contributed by atoms with Crippen molar-refractivity contribution in [2.75, 3.05) is 39.0 Å². The number of amides is 4. The summed E-state index contributed by atoms with van der Waals surface area (Å²) < 4.78 is 28.3. The molecule has 0 aromatic heterocycles. The van der Waals surface area contributed by atoms with Gasteiger partial charge in [0.15, 0.2) is 11.6 Å². The van der Waals surface area contributed by atoms with E-state index in [0.29, 0.717) is 59.8 Å². The molecule has 1 unspecified atom stereocenters. The van der Waals surface area contributed by atoms with Crippen LogP contribution in [0.5, 0.6) is 0 Å². The number of nitrogens with zero attached hydrogens (tertiary/aromatic N) is 3. The summed E-state index contributed by atoms with van der Waals surface area (Å²) in [5.41, 5.74) is 8.61. The Bertz CT molecular complexity index is 1660. The van der Waals surface area contributed by atoms with Crippen LogP contribution in [0.4, 0.5) is 14.5 Å². The first-order valence-electron chi connectivity index (χ1n) is 16.5. The molecule has 4 amide bonds. The summed E-state index contributed by atoms with van der Waals surface area (Å²) in [5.74, 6) is -2.75. The average Bonchev–Trinajstić information content (AvgIpc) is 3.58. The monoisotopic (exact) mass is 659 g/mol. The Balaban J connectivity index is 1.37. The fraction of sp³-hybridized carbons (Fsp3) is 0.405. The van der Waals surface area contributed by atoms with E-state index < -0.39 is 23.6 Å². The van der Waals surface area contributed by atoms with Crippen LogP contribution in [0.2, 0.25) is 0 Å². The third-order valence-electron chi connectivity index (χ3n) is 9.26. The molecule has 0 bridgehead atoms. The molecule has 0 saturated heterocycles. The molecule has 9 nitrogen and oxygen atoms in total. The van der Waals surface area contributed by atoms with E-state index in [1.54, 1.807) is 47.4 Å². The van der Waals surface area contributed by atoms with Gasteiger partial charge >= 0.3 is 0 Å². The van der Waals surface area contributed by atoms with Crippen LogP contribution in [-0.4, -0.2) is 72.1 Å². The van der Waals surface area contributed by atoms with Gasteiger partial charge in [-0.25, -0.2) is 8.78 Å². The molecule has 1 saturated carbocycles. The molecule has 1 heterocycles. The molecular weight excluding hydrogens is 616 g/mol. The van der Waals surface area contributed by atoms with E-state index >= 15 is 0 Å². The number of hydrogen-bond donors (Lipinski definition) is 2. The van der Waals surface area contributed by atoms with Gasteiger partial charge in [0.25, 0.3) is 11.8 Å². The number of likely N-dealkylation sites (N-methyl/N-ethyl adjacent to an activating group) is 1. The Morgan fingerprint density at radius 2 is 1.67 bits per heavy atom. The van der Waals surface area contributed by atoms with Gasteiger partial charge in [-0.05, 0) is 85.9 Å². The van der Waals surface area contributed by atoms with E-state index in [1.165, 1.54) is 36.6 Å². The summed E-state index contributed by atoms with van der Waals surface area (Å²) in [7, 11) is 3.73. The second-order valence-corrected chi connectivity index (χ2v) is 13.1. The lowest BCUT2D eigenvalue weighted by Gasteiger charge is -2.37. The van der Waals surface area contributed by atoms with Crippen molar-refractivity contribution in [3.63, 3.8) is 0 Å². The lowest BCUT2D eigenvalue weighted by molar-refractivity contribution is -0.119. The molecule has 48 heavy (non-hydrogen) atoms. The number of benzene rings is 3. The van der Waals surface area contributed by atoms with Crippen molar-refractivity contribution in [2.45, 2.75) is 57.5 Å². The van der Waals surface area contributed by atoms with Crippen molar-refractivity contribution in [1.29, 1.82) is 0 Å². The van der Waals surface area contributed by atoms with Crippen LogP contribution >= 0.6 is 0 Å². The fourth-order valence-electron chi connectivity index (χ4n) is 6.60. The molecule has 1 fully saturated rings. The first-order chi connectivity index (χ1) is 23.0. The summed E-state index contributed by atoms with van der Waals surface area (Å²) in [5, 5.41) is 2.94. The summed E-state index contributed by atoms with van der Waals surface area (Å²) >= 11 is 0. The van der Waals surface area contributed by atoms with Crippen LogP contribution in [0.3, 0.4) is 0 Å². The van der Waals surface area contributed by atoms with Crippen LogP contribution in [0.1, 0.15) is 82.0 Å². The van der Waals surface area contributed by atoms with E-state index in [4.69, 9.17) is 5.73 Å². The third kappa shape index (κ3) is 8.63. The van der Waals surface area contributed by atoms with E-state index in [9.17, 15) is 28.0 Å². The van der Waals surface area contributed by atoms with E-state index in [0.717, 1.165) is 24.1 Å². The number of primary amides is 1. The zero-order valence-electron chi connectivity index (χ0n) is 27.5. The molecule has 1 aliphatic carbocycles. The van der Waals surface area contributed by atoms with E-state index in [2.05, 4.69) is 5.32 Å². The van der Waals surface area contributed by atoms with Gasteiger partial charge in [0.1, 0.15) is 0 Å². The largest absolute Gasteiger partial charge is 0.368 e. The van der Waals surface area contributed by atoms with E-state index in [-0.39, 0.29) is 30.8 Å². The standard InChI is InChI=1S/C37H43F2N5O4/c1-42(2)17-18-43(23-34(40)45)36(47)26-10-7-25(8-11-26)22-44-33(28-13-15-31(38)32(39)19-28)20-27-12-14-29(21-30(27)37(44)48)41-35(46)16-9-24-5-3-4-6-24/h7-8,10-15,19,21,24,33H,3-6,9,16-18,20,22-23H2,1-2H3,(H2,40,45)(H,41,46). The molecule has 254 valence electrons. The second kappa shape index (κ2) is 15.5. The minimum Gasteiger partial charge on any atom is -0.368 e. The van der Waals surface area contributed by atoms with Gasteiger partial charge in [0.05, 0.1) is 12.6 Å². The summed E-state index contributed by atoms with van der Waals surface area (Å²) in [6, 6.07) is 15.1. The number of nitrogens with two attached hydrogens (primary N) is 1. The lowest BCUT2D eigenvalue weighted by atomic mass is 9.88. The smallest absolute Gasteiger partial charge is 0.255 e. The van der Waals surface area contributed by atoms with Crippen molar-refractivity contribution in [1.82, 2.24) is 14.7 Å². The molecule has 11 heteroatoms. The summed E-state index contributed by atoms with van der Waals surface area (Å²) in [4.78, 5) is 56.6. The van der Waals surface area contributed by atoms with Gasteiger partial charge < -0.3 is 25.8 Å². The van der Waals surface area contributed by atoms with E-state index in [1.807, 2.05) is 19.0 Å². The first kappa shape index (κ1) is 34.7. The number of carbonyl (C=O) groups excluding carboxylic acids is 4. The Labute approximate surface area is 280 Å². The topological polar surface area (TPSA) is 116 Å².